The van der Waals surface area contributed by atoms with E-state index in [4.69, 9.17) is 25.8 Å². The Morgan fingerprint density at radius 2 is 2.15 bits per heavy atom. The molecule has 8 heteroatoms. The van der Waals surface area contributed by atoms with E-state index in [2.05, 4.69) is 0 Å². The average Bonchev–Trinajstić information content (AvgIpc) is 2.65. The molecule has 1 fully saturated rings. The summed E-state index contributed by atoms with van der Waals surface area (Å²) >= 11 is 7.72. The van der Waals surface area contributed by atoms with Crippen LogP contribution in [0.15, 0.2) is 18.2 Å². The number of thioether (sulfide) groups is 1. The summed E-state index contributed by atoms with van der Waals surface area (Å²) in [5, 5.41) is 0.0664. The van der Waals surface area contributed by atoms with Gasteiger partial charge in [-0.2, -0.15) is 0 Å². The van der Waals surface area contributed by atoms with Gasteiger partial charge in [-0.15, -0.1) is 11.8 Å². The van der Waals surface area contributed by atoms with E-state index in [0.717, 1.165) is 5.56 Å². The zero-order chi connectivity index (χ0) is 19.1. The molecule has 1 aliphatic rings. The van der Waals surface area contributed by atoms with Gasteiger partial charge in [-0.1, -0.05) is 11.6 Å². The number of benzene rings is 1. The molecule has 0 aliphatic carbocycles. The minimum absolute atomic E-state index is 0.163. The summed E-state index contributed by atoms with van der Waals surface area (Å²) in [5.74, 6) is 1.21. The monoisotopic (exact) mass is 399 g/mol. The number of amides is 1. The molecule has 0 saturated carbocycles. The van der Waals surface area contributed by atoms with Crippen molar-refractivity contribution in [2.45, 2.75) is 12.2 Å². The van der Waals surface area contributed by atoms with Gasteiger partial charge in [0.15, 0.2) is 11.5 Å². The van der Waals surface area contributed by atoms with Crippen LogP contribution < -0.4 is 9.47 Å². The molecular formula is C18H22ClNO5S. The number of methoxy groups -OCH3 is 2. The lowest BCUT2D eigenvalue weighted by Crippen LogP contribution is -2.44. The number of ether oxygens (including phenoxy) is 3. The number of hydrogen-bond acceptors (Lipinski definition) is 6. The zero-order valence-electron chi connectivity index (χ0n) is 15.0. The predicted molar refractivity (Wildman–Crippen MR) is 103 cm³/mol. The molecule has 0 radical (unpaired) electrons. The molecule has 142 valence electrons. The molecular weight excluding hydrogens is 378 g/mol. The second-order valence-corrected chi connectivity index (χ2v) is 7.19. The van der Waals surface area contributed by atoms with Crippen molar-refractivity contribution in [2.24, 2.45) is 0 Å². The molecule has 2 rings (SSSR count). The minimum atomic E-state index is -0.342. The van der Waals surface area contributed by atoms with Gasteiger partial charge in [0, 0.05) is 24.9 Å². The second-order valence-electron chi connectivity index (χ2n) is 5.47. The van der Waals surface area contributed by atoms with Crippen LogP contribution in [0, 0.1) is 0 Å². The van der Waals surface area contributed by atoms with Crippen LogP contribution in [0.2, 0.25) is 5.02 Å². The van der Waals surface area contributed by atoms with Gasteiger partial charge in [0.1, 0.15) is 5.25 Å². The van der Waals surface area contributed by atoms with Crippen molar-refractivity contribution in [2.75, 3.05) is 39.7 Å². The number of carbonyl (C=O) groups is 2. The first-order valence-electron chi connectivity index (χ1n) is 8.16. The van der Waals surface area contributed by atoms with Crippen LogP contribution in [0.5, 0.6) is 11.5 Å². The first-order valence-corrected chi connectivity index (χ1v) is 9.59. The van der Waals surface area contributed by atoms with Gasteiger partial charge in [-0.3, -0.25) is 9.59 Å². The minimum Gasteiger partial charge on any atom is -0.491 e. The third-order valence-electron chi connectivity index (χ3n) is 3.80. The molecule has 1 aliphatic heterocycles. The normalized spacial score (nSPS) is 17.2. The van der Waals surface area contributed by atoms with Crippen LogP contribution in [-0.2, 0) is 14.3 Å². The van der Waals surface area contributed by atoms with Gasteiger partial charge in [0.2, 0.25) is 5.91 Å². The fourth-order valence-corrected chi connectivity index (χ4v) is 3.97. The SMILES string of the molecule is CCOc1cc(/C=C/C(=O)N2CCS[C@@H](C(=O)OC)C2)cc(Cl)c1OC. The van der Waals surface area contributed by atoms with E-state index in [0.29, 0.717) is 42.0 Å². The first kappa shape index (κ1) is 20.5. The zero-order valence-corrected chi connectivity index (χ0v) is 16.6. The molecule has 0 spiro atoms. The first-order chi connectivity index (χ1) is 12.5. The molecule has 1 aromatic rings. The van der Waals surface area contributed by atoms with E-state index in [1.165, 1.54) is 32.1 Å². The fourth-order valence-electron chi connectivity index (χ4n) is 2.54. The molecule has 1 atom stereocenters. The van der Waals surface area contributed by atoms with Crippen molar-refractivity contribution in [3.63, 3.8) is 0 Å². The molecule has 1 saturated heterocycles. The van der Waals surface area contributed by atoms with Gasteiger partial charge in [0.05, 0.1) is 25.8 Å². The van der Waals surface area contributed by atoms with Crippen molar-refractivity contribution in [3.05, 3.63) is 28.8 Å². The summed E-state index contributed by atoms with van der Waals surface area (Å²) in [4.78, 5) is 25.7. The quantitative estimate of drug-likeness (QED) is 0.541. The Balaban J connectivity index is 2.11. The van der Waals surface area contributed by atoms with Crippen LogP contribution in [-0.4, -0.2) is 61.7 Å². The van der Waals surface area contributed by atoms with E-state index in [-0.39, 0.29) is 17.1 Å². The van der Waals surface area contributed by atoms with Gasteiger partial charge < -0.3 is 19.1 Å². The lowest BCUT2D eigenvalue weighted by Gasteiger charge is -2.30. The third-order valence-corrected chi connectivity index (χ3v) is 5.24. The van der Waals surface area contributed by atoms with Gasteiger partial charge in [0.25, 0.3) is 0 Å². The molecule has 1 amide bonds. The molecule has 0 bridgehead atoms. The van der Waals surface area contributed by atoms with E-state index in [1.807, 2.05) is 6.92 Å². The Morgan fingerprint density at radius 3 is 2.81 bits per heavy atom. The van der Waals surface area contributed by atoms with Crippen molar-refractivity contribution in [3.8, 4) is 11.5 Å². The molecule has 26 heavy (non-hydrogen) atoms. The van der Waals surface area contributed by atoms with Crippen molar-refractivity contribution < 1.29 is 23.8 Å². The highest BCUT2D eigenvalue weighted by Crippen LogP contribution is 2.36. The summed E-state index contributed by atoms with van der Waals surface area (Å²) in [6, 6.07) is 3.47. The fraction of sp³-hybridized carbons (Fsp3) is 0.444. The van der Waals surface area contributed by atoms with Crippen LogP contribution in [0.25, 0.3) is 6.08 Å². The van der Waals surface area contributed by atoms with E-state index in [1.54, 1.807) is 23.1 Å². The van der Waals surface area contributed by atoms with Gasteiger partial charge >= 0.3 is 5.97 Å². The number of nitrogens with zero attached hydrogens (tertiary/aromatic N) is 1. The second kappa shape index (κ2) is 9.73. The highest BCUT2D eigenvalue weighted by molar-refractivity contribution is 8.00. The van der Waals surface area contributed by atoms with E-state index in [9.17, 15) is 9.59 Å². The Hall–Kier alpha value is -1.86. The van der Waals surface area contributed by atoms with Gasteiger partial charge in [-0.05, 0) is 30.7 Å². The summed E-state index contributed by atoms with van der Waals surface area (Å²) in [6.07, 6.45) is 3.14. The maximum absolute atomic E-state index is 12.4. The molecule has 0 aromatic heterocycles. The topological polar surface area (TPSA) is 65.1 Å². The highest BCUT2D eigenvalue weighted by atomic mass is 35.5. The van der Waals surface area contributed by atoms with E-state index < -0.39 is 0 Å². The number of halogens is 1. The lowest BCUT2D eigenvalue weighted by molar-refractivity contribution is -0.140. The summed E-state index contributed by atoms with van der Waals surface area (Å²) < 4.78 is 15.5. The molecule has 1 heterocycles. The maximum atomic E-state index is 12.4. The summed E-state index contributed by atoms with van der Waals surface area (Å²) in [7, 11) is 2.88. The molecule has 0 N–H and O–H groups in total. The van der Waals surface area contributed by atoms with Crippen LogP contribution in [0.4, 0.5) is 0 Å². The molecule has 1 aromatic carbocycles. The van der Waals surface area contributed by atoms with Crippen molar-refractivity contribution >= 4 is 41.3 Å². The smallest absolute Gasteiger partial charge is 0.320 e. The number of esters is 1. The van der Waals surface area contributed by atoms with Crippen molar-refractivity contribution in [1.29, 1.82) is 0 Å². The highest BCUT2D eigenvalue weighted by Gasteiger charge is 2.28. The number of rotatable bonds is 6. The lowest BCUT2D eigenvalue weighted by atomic mass is 10.1. The summed E-state index contributed by atoms with van der Waals surface area (Å²) in [6.45, 7) is 3.27. The predicted octanol–water partition coefficient (Wildman–Crippen LogP) is 2.88. The standard InChI is InChI=1S/C18H22ClNO5S/c1-4-25-14-10-12(9-13(19)17(14)23-2)5-6-16(21)20-7-8-26-15(11-20)18(22)24-3/h5-6,9-10,15H,4,7-8,11H2,1-3H3/b6-5+/t15-/m1/s1. The Labute approximate surface area is 162 Å². The van der Waals surface area contributed by atoms with Crippen LogP contribution in [0.1, 0.15) is 12.5 Å². The Morgan fingerprint density at radius 1 is 1.38 bits per heavy atom. The Bertz CT molecular complexity index is 694. The maximum Gasteiger partial charge on any atom is 0.320 e. The van der Waals surface area contributed by atoms with Crippen molar-refractivity contribution in [1.82, 2.24) is 4.90 Å². The van der Waals surface area contributed by atoms with Crippen LogP contribution in [0.3, 0.4) is 0 Å². The third kappa shape index (κ3) is 5.08. The number of carbonyl (C=O) groups excluding carboxylic acids is 2. The number of hydrogen-bond donors (Lipinski definition) is 0. The molecule has 6 nitrogen and oxygen atoms in total. The average molecular weight is 400 g/mol. The summed E-state index contributed by atoms with van der Waals surface area (Å²) in [5.41, 5.74) is 0.725. The largest absolute Gasteiger partial charge is 0.491 e. The van der Waals surface area contributed by atoms with Gasteiger partial charge in [-0.25, -0.2) is 0 Å². The Kier molecular flexibility index (Phi) is 7.66. The molecule has 0 unspecified atom stereocenters. The van der Waals surface area contributed by atoms with E-state index >= 15 is 0 Å². The van der Waals surface area contributed by atoms with Crippen LogP contribution >= 0.6 is 23.4 Å².